The van der Waals surface area contributed by atoms with Gasteiger partial charge in [0.15, 0.2) is 0 Å². The van der Waals surface area contributed by atoms with E-state index in [1.165, 1.54) is 16.7 Å². The van der Waals surface area contributed by atoms with Crippen LogP contribution < -0.4 is 10.1 Å². The smallest absolute Gasteiger partial charge is 0.122 e. The topological polar surface area (TPSA) is 21.3 Å². The molecule has 0 saturated heterocycles. The Morgan fingerprint density at radius 3 is 2.56 bits per heavy atom. The molecule has 0 saturated carbocycles. The average molecular weight is 239 g/mol. The van der Waals surface area contributed by atoms with Crippen LogP contribution in [0.15, 0.2) is 12.1 Å². The number of thiol groups is 1. The zero-order chi connectivity index (χ0) is 12.1. The number of rotatable bonds is 5. The lowest BCUT2D eigenvalue weighted by atomic mass is 9.96. The molecule has 0 spiro atoms. The normalized spacial score (nSPS) is 10.9. The van der Waals surface area contributed by atoms with E-state index in [-0.39, 0.29) is 0 Å². The van der Waals surface area contributed by atoms with Gasteiger partial charge >= 0.3 is 0 Å². The highest BCUT2D eigenvalue weighted by molar-refractivity contribution is 7.80. The van der Waals surface area contributed by atoms with Crippen LogP contribution in [0, 0.1) is 6.92 Å². The van der Waals surface area contributed by atoms with Crippen molar-refractivity contribution in [2.24, 2.45) is 0 Å². The third kappa shape index (κ3) is 3.16. The first-order valence-corrected chi connectivity index (χ1v) is 6.22. The van der Waals surface area contributed by atoms with E-state index in [2.05, 4.69) is 50.8 Å². The van der Waals surface area contributed by atoms with E-state index >= 15 is 0 Å². The summed E-state index contributed by atoms with van der Waals surface area (Å²) in [4.78, 5) is 0. The minimum Gasteiger partial charge on any atom is -0.496 e. The van der Waals surface area contributed by atoms with Crippen LogP contribution in [0.2, 0.25) is 0 Å². The number of benzene rings is 1. The average Bonchev–Trinajstić information content (AvgIpc) is 2.26. The summed E-state index contributed by atoms with van der Waals surface area (Å²) < 4.78 is 5.41. The molecular formula is C13H21NOS. The number of hydrogen-bond donors (Lipinski definition) is 2. The van der Waals surface area contributed by atoms with Crippen LogP contribution in [0.5, 0.6) is 5.75 Å². The van der Waals surface area contributed by atoms with Crippen LogP contribution in [0.1, 0.15) is 36.5 Å². The summed E-state index contributed by atoms with van der Waals surface area (Å²) in [7, 11) is 1.73. The summed E-state index contributed by atoms with van der Waals surface area (Å²) in [6.07, 6.45) is 0. The maximum atomic E-state index is 5.41. The van der Waals surface area contributed by atoms with Crippen LogP contribution in [0.3, 0.4) is 0 Å². The molecule has 0 aliphatic carbocycles. The van der Waals surface area contributed by atoms with Gasteiger partial charge in [-0.05, 0) is 35.6 Å². The van der Waals surface area contributed by atoms with Crippen molar-refractivity contribution in [3.8, 4) is 5.75 Å². The Morgan fingerprint density at radius 1 is 1.38 bits per heavy atom. The molecule has 2 nitrogen and oxygen atoms in total. The lowest BCUT2D eigenvalue weighted by Gasteiger charge is -2.16. The van der Waals surface area contributed by atoms with Crippen molar-refractivity contribution in [2.45, 2.75) is 33.2 Å². The van der Waals surface area contributed by atoms with E-state index in [1.54, 1.807) is 7.11 Å². The van der Waals surface area contributed by atoms with Crippen LogP contribution in [-0.4, -0.2) is 13.0 Å². The Bertz CT molecular complexity index is 350. The molecular weight excluding hydrogens is 218 g/mol. The van der Waals surface area contributed by atoms with Crippen molar-refractivity contribution in [2.75, 3.05) is 13.0 Å². The van der Waals surface area contributed by atoms with Crippen molar-refractivity contribution in [3.63, 3.8) is 0 Å². The molecule has 90 valence electrons. The molecule has 0 unspecified atom stereocenters. The molecule has 1 rings (SSSR count). The number of aryl methyl sites for hydroxylation is 1. The maximum Gasteiger partial charge on any atom is 0.122 e. The Kier molecular flexibility index (Phi) is 5.16. The minimum absolute atomic E-state index is 0.477. The van der Waals surface area contributed by atoms with Crippen molar-refractivity contribution in [3.05, 3.63) is 28.8 Å². The molecule has 0 heterocycles. The van der Waals surface area contributed by atoms with Crippen LogP contribution in [0.25, 0.3) is 0 Å². The van der Waals surface area contributed by atoms with Crippen molar-refractivity contribution >= 4 is 12.6 Å². The summed E-state index contributed by atoms with van der Waals surface area (Å²) in [5.41, 5.74) is 3.85. The van der Waals surface area contributed by atoms with Gasteiger partial charge in [0.25, 0.3) is 0 Å². The molecule has 0 atom stereocenters. The minimum atomic E-state index is 0.477. The molecule has 3 heteroatoms. The van der Waals surface area contributed by atoms with Gasteiger partial charge in [0.2, 0.25) is 0 Å². The first-order chi connectivity index (χ1) is 7.60. The van der Waals surface area contributed by atoms with Gasteiger partial charge in [0.05, 0.1) is 7.11 Å². The highest BCUT2D eigenvalue weighted by Gasteiger charge is 2.10. The van der Waals surface area contributed by atoms with Crippen molar-refractivity contribution in [1.82, 2.24) is 5.32 Å². The molecule has 1 aromatic carbocycles. The number of hydrogen-bond acceptors (Lipinski definition) is 3. The molecule has 1 aromatic rings. The summed E-state index contributed by atoms with van der Waals surface area (Å²) in [6.45, 7) is 7.34. The monoisotopic (exact) mass is 239 g/mol. The van der Waals surface area contributed by atoms with Gasteiger partial charge in [-0.1, -0.05) is 19.9 Å². The zero-order valence-corrected chi connectivity index (χ0v) is 11.4. The van der Waals surface area contributed by atoms with Crippen LogP contribution >= 0.6 is 12.6 Å². The van der Waals surface area contributed by atoms with Crippen molar-refractivity contribution < 1.29 is 4.74 Å². The molecule has 16 heavy (non-hydrogen) atoms. The summed E-state index contributed by atoms with van der Waals surface area (Å²) in [5.74, 6) is 2.16. The second-order valence-electron chi connectivity index (χ2n) is 4.26. The van der Waals surface area contributed by atoms with Gasteiger partial charge in [-0.25, -0.2) is 0 Å². The van der Waals surface area contributed by atoms with Gasteiger partial charge < -0.3 is 10.1 Å². The number of nitrogens with one attached hydrogen (secondary N) is 1. The largest absolute Gasteiger partial charge is 0.496 e. The van der Waals surface area contributed by atoms with E-state index in [9.17, 15) is 0 Å². The fourth-order valence-corrected chi connectivity index (χ4v) is 1.87. The van der Waals surface area contributed by atoms with Gasteiger partial charge in [0.1, 0.15) is 5.75 Å². The SMILES string of the molecule is COc1cc(C)c(CNCS)cc1C(C)C. The van der Waals surface area contributed by atoms with Crippen LogP contribution in [-0.2, 0) is 6.54 Å². The van der Waals surface area contributed by atoms with E-state index in [0.29, 0.717) is 11.8 Å². The molecule has 0 fully saturated rings. The Labute approximate surface area is 104 Å². The van der Waals surface area contributed by atoms with E-state index in [1.807, 2.05) is 0 Å². The molecule has 0 bridgehead atoms. The summed E-state index contributed by atoms with van der Waals surface area (Å²) >= 11 is 4.15. The van der Waals surface area contributed by atoms with E-state index in [0.717, 1.165) is 12.3 Å². The fourth-order valence-electron chi connectivity index (χ4n) is 1.75. The van der Waals surface area contributed by atoms with Gasteiger partial charge in [0, 0.05) is 12.4 Å². The van der Waals surface area contributed by atoms with Crippen LogP contribution in [0.4, 0.5) is 0 Å². The third-order valence-corrected chi connectivity index (χ3v) is 2.96. The first-order valence-electron chi connectivity index (χ1n) is 5.59. The second kappa shape index (κ2) is 6.16. The number of ether oxygens (including phenoxy) is 1. The van der Waals surface area contributed by atoms with Gasteiger partial charge in [-0.3, -0.25) is 0 Å². The Hall–Kier alpha value is -0.670. The Morgan fingerprint density at radius 2 is 2.06 bits per heavy atom. The lowest BCUT2D eigenvalue weighted by molar-refractivity contribution is 0.407. The quantitative estimate of drug-likeness (QED) is 0.608. The fraction of sp³-hybridized carbons (Fsp3) is 0.538. The first kappa shape index (κ1) is 13.4. The second-order valence-corrected chi connectivity index (χ2v) is 4.58. The molecule has 1 N–H and O–H groups in total. The molecule has 0 radical (unpaired) electrons. The maximum absolute atomic E-state index is 5.41. The highest BCUT2D eigenvalue weighted by Crippen LogP contribution is 2.29. The number of methoxy groups -OCH3 is 1. The van der Waals surface area contributed by atoms with Gasteiger partial charge in [-0.15, -0.1) is 0 Å². The molecule has 0 aromatic heterocycles. The highest BCUT2D eigenvalue weighted by atomic mass is 32.1. The summed E-state index contributed by atoms with van der Waals surface area (Å²) in [5, 5.41) is 3.23. The lowest BCUT2D eigenvalue weighted by Crippen LogP contribution is -2.12. The third-order valence-electron chi connectivity index (χ3n) is 2.74. The Balaban J connectivity index is 3.06. The predicted octanol–water partition coefficient (Wildman–Crippen LogP) is 3.10. The molecule has 0 aliphatic heterocycles. The summed E-state index contributed by atoms with van der Waals surface area (Å²) in [6, 6.07) is 4.35. The standard InChI is InChI=1S/C13H21NOS/c1-9(2)12-6-11(7-14-8-16)10(3)5-13(12)15-4/h5-6,9,14,16H,7-8H2,1-4H3. The molecule has 0 amide bonds. The van der Waals surface area contributed by atoms with Crippen molar-refractivity contribution in [1.29, 1.82) is 0 Å². The molecule has 0 aliphatic rings. The van der Waals surface area contributed by atoms with E-state index < -0.39 is 0 Å². The van der Waals surface area contributed by atoms with Gasteiger partial charge in [-0.2, -0.15) is 12.6 Å². The van der Waals surface area contributed by atoms with E-state index in [4.69, 9.17) is 4.74 Å². The zero-order valence-electron chi connectivity index (χ0n) is 10.5. The predicted molar refractivity (Wildman–Crippen MR) is 72.5 cm³/mol.